The summed E-state index contributed by atoms with van der Waals surface area (Å²) < 4.78 is 0. The molecule has 1 heterocycles. The van der Waals surface area contributed by atoms with Gasteiger partial charge in [0.1, 0.15) is 10.8 Å². The molecule has 1 aromatic carbocycles. The minimum absolute atomic E-state index is 0.343. The number of anilines is 2. The lowest BCUT2D eigenvalue weighted by Gasteiger charge is -2.10. The SMILES string of the molecule is Cc1ccc(C(N)=S)c(Nc2ccccc2)n1. The van der Waals surface area contributed by atoms with Crippen LogP contribution < -0.4 is 11.1 Å². The molecule has 0 saturated heterocycles. The number of benzene rings is 1. The van der Waals surface area contributed by atoms with E-state index in [-0.39, 0.29) is 0 Å². The number of rotatable bonds is 3. The zero-order valence-corrected chi connectivity index (χ0v) is 10.3. The largest absolute Gasteiger partial charge is 0.389 e. The van der Waals surface area contributed by atoms with E-state index < -0.39 is 0 Å². The van der Waals surface area contributed by atoms with Gasteiger partial charge in [-0.25, -0.2) is 4.98 Å². The minimum atomic E-state index is 0.343. The van der Waals surface area contributed by atoms with Gasteiger partial charge in [0.2, 0.25) is 0 Å². The zero-order chi connectivity index (χ0) is 12.3. The summed E-state index contributed by atoms with van der Waals surface area (Å²) in [6.07, 6.45) is 0. The van der Waals surface area contributed by atoms with E-state index in [9.17, 15) is 0 Å². The Hall–Kier alpha value is -1.94. The number of nitrogens with two attached hydrogens (primary N) is 1. The first-order valence-corrected chi connectivity index (χ1v) is 5.67. The molecule has 0 spiro atoms. The highest BCUT2D eigenvalue weighted by Gasteiger charge is 2.07. The molecule has 0 saturated carbocycles. The van der Waals surface area contributed by atoms with Crippen LogP contribution in [0.2, 0.25) is 0 Å². The molecule has 4 heteroatoms. The standard InChI is InChI=1S/C13H13N3S/c1-9-7-8-11(12(14)17)13(15-9)16-10-5-3-2-4-6-10/h2-8H,1H3,(H2,14,17)(H,15,16). The van der Waals surface area contributed by atoms with Gasteiger partial charge < -0.3 is 11.1 Å². The summed E-state index contributed by atoms with van der Waals surface area (Å²) >= 11 is 5.01. The third kappa shape index (κ3) is 2.79. The second-order valence-electron chi connectivity index (χ2n) is 3.70. The van der Waals surface area contributed by atoms with Crippen molar-refractivity contribution >= 4 is 28.7 Å². The van der Waals surface area contributed by atoms with Crippen molar-refractivity contribution in [2.75, 3.05) is 5.32 Å². The third-order valence-corrected chi connectivity index (χ3v) is 2.56. The van der Waals surface area contributed by atoms with Crippen LogP contribution in [-0.2, 0) is 0 Å². The molecule has 0 aliphatic rings. The number of nitrogens with one attached hydrogen (secondary N) is 1. The smallest absolute Gasteiger partial charge is 0.140 e. The Balaban J connectivity index is 2.37. The Kier molecular flexibility index (Phi) is 3.35. The monoisotopic (exact) mass is 243 g/mol. The van der Waals surface area contributed by atoms with Crippen LogP contribution in [0.1, 0.15) is 11.3 Å². The number of aryl methyl sites for hydroxylation is 1. The topological polar surface area (TPSA) is 50.9 Å². The van der Waals surface area contributed by atoms with Crippen LogP contribution in [-0.4, -0.2) is 9.97 Å². The summed E-state index contributed by atoms with van der Waals surface area (Å²) in [6, 6.07) is 13.6. The van der Waals surface area contributed by atoms with E-state index in [1.54, 1.807) is 0 Å². The van der Waals surface area contributed by atoms with Crippen LogP contribution in [0, 0.1) is 6.92 Å². The quantitative estimate of drug-likeness (QED) is 0.814. The molecular weight excluding hydrogens is 230 g/mol. The highest BCUT2D eigenvalue weighted by Crippen LogP contribution is 2.19. The number of hydrogen-bond acceptors (Lipinski definition) is 3. The Morgan fingerprint density at radius 3 is 2.53 bits per heavy atom. The van der Waals surface area contributed by atoms with E-state index in [0.717, 1.165) is 16.9 Å². The maximum absolute atomic E-state index is 5.67. The molecule has 0 fully saturated rings. The summed E-state index contributed by atoms with van der Waals surface area (Å²) in [4.78, 5) is 4.75. The summed E-state index contributed by atoms with van der Waals surface area (Å²) in [5.74, 6) is 0.698. The number of aromatic nitrogens is 1. The number of thiocarbonyl (C=S) groups is 1. The summed E-state index contributed by atoms with van der Waals surface area (Å²) in [6.45, 7) is 1.93. The maximum Gasteiger partial charge on any atom is 0.140 e. The molecule has 0 atom stereocenters. The Labute approximate surface area is 106 Å². The number of para-hydroxylation sites is 1. The normalized spacial score (nSPS) is 9.94. The molecule has 17 heavy (non-hydrogen) atoms. The van der Waals surface area contributed by atoms with Crippen molar-refractivity contribution in [3.63, 3.8) is 0 Å². The van der Waals surface area contributed by atoms with Crippen molar-refractivity contribution in [3.05, 3.63) is 53.7 Å². The van der Waals surface area contributed by atoms with Crippen molar-refractivity contribution in [3.8, 4) is 0 Å². The van der Waals surface area contributed by atoms with Gasteiger partial charge >= 0.3 is 0 Å². The molecule has 0 radical (unpaired) electrons. The van der Waals surface area contributed by atoms with Gasteiger partial charge in [-0.3, -0.25) is 0 Å². The predicted octanol–water partition coefficient (Wildman–Crippen LogP) is 2.77. The first-order valence-electron chi connectivity index (χ1n) is 5.26. The summed E-state index contributed by atoms with van der Waals surface area (Å²) in [5.41, 5.74) is 8.31. The molecule has 0 aliphatic heterocycles. The second kappa shape index (κ2) is 4.93. The highest BCUT2D eigenvalue weighted by molar-refractivity contribution is 7.80. The van der Waals surface area contributed by atoms with Crippen LogP contribution in [0.15, 0.2) is 42.5 Å². The van der Waals surface area contributed by atoms with Crippen LogP contribution >= 0.6 is 12.2 Å². The van der Waals surface area contributed by atoms with Gasteiger partial charge in [0.15, 0.2) is 0 Å². The zero-order valence-electron chi connectivity index (χ0n) is 9.47. The lowest BCUT2D eigenvalue weighted by atomic mass is 10.2. The van der Waals surface area contributed by atoms with Crippen molar-refractivity contribution in [1.82, 2.24) is 4.98 Å². The first-order chi connectivity index (χ1) is 8.16. The Morgan fingerprint density at radius 1 is 1.18 bits per heavy atom. The highest BCUT2D eigenvalue weighted by atomic mass is 32.1. The van der Waals surface area contributed by atoms with Crippen molar-refractivity contribution in [2.24, 2.45) is 5.73 Å². The van der Waals surface area contributed by atoms with E-state index in [2.05, 4.69) is 10.3 Å². The molecule has 3 nitrogen and oxygen atoms in total. The second-order valence-corrected chi connectivity index (χ2v) is 4.14. The van der Waals surface area contributed by atoms with Gasteiger partial charge in [-0.1, -0.05) is 30.4 Å². The molecule has 2 rings (SSSR count). The molecule has 0 amide bonds. The van der Waals surface area contributed by atoms with E-state index in [1.165, 1.54) is 0 Å². The average molecular weight is 243 g/mol. The fraction of sp³-hybridized carbons (Fsp3) is 0.0769. The lowest BCUT2D eigenvalue weighted by Crippen LogP contribution is -2.13. The van der Waals surface area contributed by atoms with E-state index in [4.69, 9.17) is 18.0 Å². The van der Waals surface area contributed by atoms with Crippen LogP contribution in [0.25, 0.3) is 0 Å². The van der Waals surface area contributed by atoms with Crippen molar-refractivity contribution < 1.29 is 0 Å². The number of nitrogens with zero attached hydrogens (tertiary/aromatic N) is 1. The fourth-order valence-corrected chi connectivity index (χ4v) is 1.67. The first kappa shape index (κ1) is 11.5. The van der Waals surface area contributed by atoms with Crippen molar-refractivity contribution in [2.45, 2.75) is 6.92 Å². The summed E-state index contributed by atoms with van der Waals surface area (Å²) in [7, 11) is 0. The maximum atomic E-state index is 5.67. The van der Waals surface area contributed by atoms with Gasteiger partial charge in [-0.15, -0.1) is 0 Å². The Bertz CT molecular complexity index is 538. The average Bonchev–Trinajstić information content (AvgIpc) is 2.30. The van der Waals surface area contributed by atoms with E-state index in [0.29, 0.717) is 10.8 Å². The van der Waals surface area contributed by atoms with Gasteiger partial charge in [0.25, 0.3) is 0 Å². The lowest BCUT2D eigenvalue weighted by molar-refractivity contribution is 1.19. The van der Waals surface area contributed by atoms with Gasteiger partial charge in [0.05, 0.1) is 5.56 Å². The van der Waals surface area contributed by atoms with Crippen LogP contribution in [0.5, 0.6) is 0 Å². The van der Waals surface area contributed by atoms with Crippen molar-refractivity contribution in [1.29, 1.82) is 0 Å². The summed E-state index contributed by atoms with van der Waals surface area (Å²) in [5, 5.41) is 3.22. The molecular formula is C13H13N3S. The predicted molar refractivity (Wildman–Crippen MR) is 74.6 cm³/mol. The van der Waals surface area contributed by atoms with Crippen LogP contribution in [0.4, 0.5) is 11.5 Å². The number of hydrogen-bond donors (Lipinski definition) is 2. The molecule has 1 aromatic heterocycles. The van der Waals surface area contributed by atoms with Gasteiger partial charge in [-0.05, 0) is 31.2 Å². The van der Waals surface area contributed by atoms with E-state index in [1.807, 2.05) is 49.4 Å². The molecule has 2 aromatic rings. The van der Waals surface area contributed by atoms with E-state index >= 15 is 0 Å². The number of pyridine rings is 1. The van der Waals surface area contributed by atoms with Gasteiger partial charge in [-0.2, -0.15) is 0 Å². The van der Waals surface area contributed by atoms with Crippen LogP contribution in [0.3, 0.4) is 0 Å². The molecule has 86 valence electrons. The molecule has 0 bridgehead atoms. The van der Waals surface area contributed by atoms with Gasteiger partial charge in [0, 0.05) is 11.4 Å². The fourth-order valence-electron chi connectivity index (χ4n) is 1.51. The molecule has 3 N–H and O–H groups in total. The third-order valence-electron chi connectivity index (χ3n) is 2.34. The molecule has 0 aliphatic carbocycles. The minimum Gasteiger partial charge on any atom is -0.389 e. The molecule has 0 unspecified atom stereocenters. The Morgan fingerprint density at radius 2 is 1.88 bits per heavy atom.